The van der Waals surface area contributed by atoms with Crippen molar-refractivity contribution >= 4 is 12.0 Å². The zero-order chi connectivity index (χ0) is 15.4. The van der Waals surface area contributed by atoms with Gasteiger partial charge >= 0.3 is 12.0 Å². The van der Waals surface area contributed by atoms with E-state index in [4.69, 9.17) is 5.11 Å². The number of carboxylic acids is 1. The Morgan fingerprint density at radius 1 is 1.38 bits per heavy atom. The van der Waals surface area contributed by atoms with Crippen LogP contribution in [0.15, 0.2) is 30.3 Å². The van der Waals surface area contributed by atoms with Crippen LogP contribution < -0.4 is 5.32 Å². The zero-order valence-electron chi connectivity index (χ0n) is 12.5. The van der Waals surface area contributed by atoms with Crippen LogP contribution in [0, 0.1) is 0 Å². The highest BCUT2D eigenvalue weighted by molar-refractivity contribution is 5.76. The molecule has 0 bridgehead atoms. The molecule has 0 aromatic heterocycles. The van der Waals surface area contributed by atoms with E-state index in [0.717, 1.165) is 6.42 Å². The molecule has 1 fully saturated rings. The lowest BCUT2D eigenvalue weighted by Gasteiger charge is -2.27. The summed E-state index contributed by atoms with van der Waals surface area (Å²) in [5, 5.41) is 11.8. The summed E-state index contributed by atoms with van der Waals surface area (Å²) in [6, 6.07) is 9.80. The maximum atomic E-state index is 12.2. The smallest absolute Gasteiger partial charge is 0.317 e. The van der Waals surface area contributed by atoms with E-state index < -0.39 is 5.97 Å². The van der Waals surface area contributed by atoms with Gasteiger partial charge in [-0.1, -0.05) is 30.3 Å². The van der Waals surface area contributed by atoms with E-state index in [0.29, 0.717) is 12.5 Å². The molecule has 1 aromatic carbocycles. The van der Waals surface area contributed by atoms with Crippen molar-refractivity contribution in [2.45, 2.75) is 44.7 Å². The molecule has 0 spiro atoms. The summed E-state index contributed by atoms with van der Waals surface area (Å²) in [4.78, 5) is 24.6. The molecule has 2 rings (SSSR count). The molecule has 21 heavy (non-hydrogen) atoms. The van der Waals surface area contributed by atoms with Crippen LogP contribution >= 0.6 is 0 Å². The second kappa shape index (κ2) is 6.61. The number of aliphatic carboxylic acids is 1. The molecule has 0 saturated heterocycles. The van der Waals surface area contributed by atoms with Gasteiger partial charge in [-0.05, 0) is 25.8 Å². The molecule has 1 aliphatic carbocycles. The van der Waals surface area contributed by atoms with Crippen LogP contribution in [0.4, 0.5) is 4.79 Å². The first-order valence-corrected chi connectivity index (χ1v) is 7.36. The van der Waals surface area contributed by atoms with Crippen LogP contribution in [0.2, 0.25) is 0 Å². The molecule has 2 N–H and O–H groups in total. The summed E-state index contributed by atoms with van der Waals surface area (Å²) in [6.07, 6.45) is 0.911. The van der Waals surface area contributed by atoms with E-state index in [1.54, 1.807) is 11.8 Å². The van der Waals surface area contributed by atoms with E-state index in [1.165, 1.54) is 5.56 Å². The van der Waals surface area contributed by atoms with Gasteiger partial charge in [-0.15, -0.1) is 0 Å². The van der Waals surface area contributed by atoms with Gasteiger partial charge in [-0.3, -0.25) is 4.79 Å². The highest BCUT2D eigenvalue weighted by Gasteiger charge is 2.40. The summed E-state index contributed by atoms with van der Waals surface area (Å²) < 4.78 is 0. The van der Waals surface area contributed by atoms with E-state index in [9.17, 15) is 9.59 Å². The maximum absolute atomic E-state index is 12.2. The third-order valence-electron chi connectivity index (χ3n) is 3.93. The Morgan fingerprint density at radius 2 is 2.05 bits per heavy atom. The van der Waals surface area contributed by atoms with Gasteiger partial charge in [0.05, 0.1) is 6.42 Å². The van der Waals surface area contributed by atoms with Crippen LogP contribution in [0.5, 0.6) is 0 Å². The average Bonchev–Trinajstić information content (AvgIpc) is 3.19. The van der Waals surface area contributed by atoms with E-state index in [-0.39, 0.29) is 24.5 Å². The lowest BCUT2D eigenvalue weighted by molar-refractivity contribution is -0.138. The summed E-state index contributed by atoms with van der Waals surface area (Å²) >= 11 is 0. The first kappa shape index (κ1) is 15.4. The third kappa shape index (κ3) is 3.97. The number of carbonyl (C=O) groups is 2. The fourth-order valence-corrected chi connectivity index (χ4v) is 2.68. The highest BCUT2D eigenvalue weighted by atomic mass is 16.4. The molecule has 0 aliphatic heterocycles. The number of urea groups is 1. The predicted molar refractivity (Wildman–Crippen MR) is 80.2 cm³/mol. The van der Waals surface area contributed by atoms with Crippen LogP contribution in [0.3, 0.4) is 0 Å². The van der Waals surface area contributed by atoms with Crippen molar-refractivity contribution in [3.8, 4) is 0 Å². The monoisotopic (exact) mass is 290 g/mol. The van der Waals surface area contributed by atoms with Crippen molar-refractivity contribution in [1.82, 2.24) is 10.2 Å². The summed E-state index contributed by atoms with van der Waals surface area (Å²) in [6.45, 7) is 4.13. The Kier molecular flexibility index (Phi) is 4.83. The summed E-state index contributed by atoms with van der Waals surface area (Å²) in [5.74, 6) is -0.508. The molecule has 5 heteroatoms. The van der Waals surface area contributed by atoms with Crippen LogP contribution in [0.25, 0.3) is 0 Å². The van der Waals surface area contributed by atoms with Gasteiger partial charge in [0.1, 0.15) is 0 Å². The summed E-state index contributed by atoms with van der Waals surface area (Å²) in [7, 11) is 0. The minimum atomic E-state index is -0.887. The third-order valence-corrected chi connectivity index (χ3v) is 3.93. The van der Waals surface area contributed by atoms with Crippen molar-refractivity contribution < 1.29 is 14.7 Å². The molecule has 1 aromatic rings. The zero-order valence-corrected chi connectivity index (χ0v) is 12.5. The summed E-state index contributed by atoms with van der Waals surface area (Å²) in [5.41, 5.74) is 1.24. The Balaban J connectivity index is 1.88. The van der Waals surface area contributed by atoms with E-state index >= 15 is 0 Å². The normalized spacial score (nSPS) is 21.4. The van der Waals surface area contributed by atoms with Crippen LogP contribution in [-0.2, 0) is 4.79 Å². The van der Waals surface area contributed by atoms with Gasteiger partial charge in [0, 0.05) is 24.5 Å². The van der Waals surface area contributed by atoms with E-state index in [2.05, 4.69) is 17.4 Å². The fraction of sp³-hybridized carbons (Fsp3) is 0.500. The molecule has 1 aliphatic rings. The molecule has 0 heterocycles. The molecular formula is C16H22N2O3. The maximum Gasteiger partial charge on any atom is 0.317 e. The van der Waals surface area contributed by atoms with Gasteiger partial charge in [-0.25, -0.2) is 4.79 Å². The van der Waals surface area contributed by atoms with Crippen molar-refractivity contribution in [2.24, 2.45) is 0 Å². The molecule has 5 nitrogen and oxygen atoms in total. The number of hydrogen-bond donors (Lipinski definition) is 2. The Hall–Kier alpha value is -2.04. The quantitative estimate of drug-likeness (QED) is 0.845. The number of hydrogen-bond acceptors (Lipinski definition) is 2. The largest absolute Gasteiger partial charge is 0.481 e. The lowest BCUT2D eigenvalue weighted by atomic mass is 10.1. The Labute approximate surface area is 125 Å². The fourth-order valence-electron chi connectivity index (χ4n) is 2.68. The molecule has 3 atom stereocenters. The first-order chi connectivity index (χ1) is 10.0. The second-order valence-corrected chi connectivity index (χ2v) is 5.54. The molecule has 2 amide bonds. The molecule has 0 radical (unpaired) electrons. The van der Waals surface area contributed by atoms with Gasteiger partial charge in [0.2, 0.25) is 0 Å². The number of nitrogens with zero attached hydrogens (tertiary/aromatic N) is 1. The average molecular weight is 290 g/mol. The number of rotatable bonds is 6. The van der Waals surface area contributed by atoms with Crippen LogP contribution in [0.1, 0.15) is 38.2 Å². The second-order valence-electron chi connectivity index (χ2n) is 5.54. The lowest BCUT2D eigenvalue weighted by Crippen LogP contribution is -2.46. The van der Waals surface area contributed by atoms with Gasteiger partial charge in [0.15, 0.2) is 0 Å². The van der Waals surface area contributed by atoms with Crippen molar-refractivity contribution in [3.05, 3.63) is 35.9 Å². The van der Waals surface area contributed by atoms with Crippen molar-refractivity contribution in [2.75, 3.05) is 6.54 Å². The van der Waals surface area contributed by atoms with Crippen molar-refractivity contribution in [1.29, 1.82) is 0 Å². The number of carboxylic acid groups (broad SMARTS) is 1. The number of benzene rings is 1. The Morgan fingerprint density at radius 3 is 2.62 bits per heavy atom. The SMILES string of the molecule is CCN(C(=O)NC1CC1c1ccccc1)C(C)CC(=O)O. The van der Waals surface area contributed by atoms with E-state index in [1.807, 2.05) is 25.1 Å². The number of amides is 2. The Bertz CT molecular complexity index is 504. The molecule has 1 saturated carbocycles. The topological polar surface area (TPSA) is 69.6 Å². The van der Waals surface area contributed by atoms with Gasteiger partial charge in [-0.2, -0.15) is 0 Å². The minimum Gasteiger partial charge on any atom is -0.481 e. The molecular weight excluding hydrogens is 268 g/mol. The van der Waals surface area contributed by atoms with Crippen molar-refractivity contribution in [3.63, 3.8) is 0 Å². The van der Waals surface area contributed by atoms with Gasteiger partial charge < -0.3 is 15.3 Å². The number of nitrogens with one attached hydrogen (secondary N) is 1. The molecule has 3 unspecified atom stereocenters. The highest BCUT2D eigenvalue weighted by Crippen LogP contribution is 2.40. The van der Waals surface area contributed by atoms with Crippen LogP contribution in [-0.4, -0.2) is 40.6 Å². The van der Waals surface area contributed by atoms with Gasteiger partial charge in [0.25, 0.3) is 0 Å². The minimum absolute atomic E-state index is 0.0337. The molecule has 114 valence electrons. The first-order valence-electron chi connectivity index (χ1n) is 7.36. The predicted octanol–water partition coefficient (Wildman–Crippen LogP) is 2.44. The standard InChI is InChI=1S/C16H22N2O3/c1-3-18(11(2)9-15(19)20)16(21)17-14-10-13(14)12-7-5-4-6-8-12/h4-8,11,13-14H,3,9-10H2,1-2H3,(H,17,21)(H,19,20). The number of carbonyl (C=O) groups excluding carboxylic acids is 1.